The van der Waals surface area contributed by atoms with Gasteiger partial charge in [0.1, 0.15) is 0 Å². The molecule has 1 amide bonds. The van der Waals surface area contributed by atoms with E-state index in [0.29, 0.717) is 32.4 Å². The summed E-state index contributed by atoms with van der Waals surface area (Å²) in [5, 5.41) is 9.18. The summed E-state index contributed by atoms with van der Waals surface area (Å²) < 4.78 is 1.07. The molecule has 0 aromatic heterocycles. The predicted octanol–water partition coefficient (Wildman–Crippen LogP) is 3.26. The number of aliphatic carboxylic acids is 1. The van der Waals surface area contributed by atoms with Crippen LogP contribution in [-0.2, 0) is 16.0 Å². The number of hydrogen-bond donors (Lipinski definition) is 1. The zero-order valence-electron chi connectivity index (χ0n) is 13.0. The first kappa shape index (κ1) is 17.0. The van der Waals surface area contributed by atoms with Gasteiger partial charge in [-0.15, -0.1) is 0 Å². The van der Waals surface area contributed by atoms with Gasteiger partial charge >= 0.3 is 5.97 Å². The highest BCUT2D eigenvalue weighted by atomic mass is 79.9. The van der Waals surface area contributed by atoms with Crippen molar-refractivity contribution < 1.29 is 14.7 Å². The van der Waals surface area contributed by atoms with Crippen molar-refractivity contribution in [1.29, 1.82) is 0 Å². The highest BCUT2D eigenvalue weighted by Crippen LogP contribution is 2.23. The van der Waals surface area contributed by atoms with Crippen molar-refractivity contribution in [3.8, 4) is 0 Å². The van der Waals surface area contributed by atoms with Crippen LogP contribution >= 0.6 is 15.9 Å². The second-order valence-corrected chi connectivity index (χ2v) is 7.11. The summed E-state index contributed by atoms with van der Waals surface area (Å²) in [6.45, 7) is 5.05. The number of amides is 1. The molecule has 22 heavy (non-hydrogen) atoms. The van der Waals surface area contributed by atoms with Crippen molar-refractivity contribution in [3.63, 3.8) is 0 Å². The maximum Gasteiger partial charge on any atom is 0.308 e. The molecule has 0 saturated carbocycles. The Labute approximate surface area is 139 Å². The van der Waals surface area contributed by atoms with Crippen LogP contribution in [0.25, 0.3) is 0 Å². The summed E-state index contributed by atoms with van der Waals surface area (Å²) in [5.74, 6) is -0.928. The molecule has 4 nitrogen and oxygen atoms in total. The minimum Gasteiger partial charge on any atom is -0.481 e. The van der Waals surface area contributed by atoms with Gasteiger partial charge in [0, 0.05) is 24.0 Å². The van der Waals surface area contributed by atoms with Crippen LogP contribution in [0.4, 0.5) is 0 Å². The second kappa shape index (κ2) is 7.27. The van der Waals surface area contributed by atoms with Gasteiger partial charge in [-0.25, -0.2) is 0 Å². The number of carboxylic acids is 1. The Kier molecular flexibility index (Phi) is 5.62. The fraction of sp³-hybridized carbons (Fsp3) is 0.529. The highest BCUT2D eigenvalue weighted by Gasteiger charge is 2.31. The van der Waals surface area contributed by atoms with Crippen molar-refractivity contribution in [2.24, 2.45) is 11.8 Å². The van der Waals surface area contributed by atoms with Gasteiger partial charge in [0.05, 0.1) is 5.92 Å². The first-order valence-electron chi connectivity index (χ1n) is 7.62. The third-order valence-electron chi connectivity index (χ3n) is 4.21. The Bertz CT molecular complexity index is 573. The fourth-order valence-electron chi connectivity index (χ4n) is 3.01. The van der Waals surface area contributed by atoms with Gasteiger partial charge in [-0.2, -0.15) is 0 Å². The lowest BCUT2D eigenvalue weighted by Gasteiger charge is -2.34. The highest BCUT2D eigenvalue weighted by molar-refractivity contribution is 9.10. The van der Waals surface area contributed by atoms with E-state index in [2.05, 4.69) is 22.0 Å². The van der Waals surface area contributed by atoms with Crippen molar-refractivity contribution in [1.82, 2.24) is 4.90 Å². The summed E-state index contributed by atoms with van der Waals surface area (Å²) in [6, 6.07) is 6.10. The molecule has 2 atom stereocenters. The van der Waals surface area contributed by atoms with Gasteiger partial charge in [-0.1, -0.05) is 35.0 Å². The van der Waals surface area contributed by atoms with Crippen LogP contribution in [0, 0.1) is 18.8 Å². The van der Waals surface area contributed by atoms with Crippen molar-refractivity contribution in [2.75, 3.05) is 13.1 Å². The van der Waals surface area contributed by atoms with Crippen LogP contribution in [0.15, 0.2) is 22.7 Å². The van der Waals surface area contributed by atoms with Gasteiger partial charge in [0.25, 0.3) is 0 Å². The van der Waals surface area contributed by atoms with Crippen LogP contribution < -0.4 is 0 Å². The van der Waals surface area contributed by atoms with E-state index >= 15 is 0 Å². The number of carbonyl (C=O) groups is 2. The Morgan fingerprint density at radius 3 is 2.73 bits per heavy atom. The molecule has 1 aliphatic rings. The van der Waals surface area contributed by atoms with E-state index in [0.717, 1.165) is 15.6 Å². The number of halogens is 1. The molecule has 2 rings (SSSR count). The van der Waals surface area contributed by atoms with Crippen molar-refractivity contribution in [3.05, 3.63) is 33.8 Å². The Morgan fingerprint density at radius 2 is 2.09 bits per heavy atom. The average Bonchev–Trinajstić information content (AvgIpc) is 2.47. The monoisotopic (exact) mass is 367 g/mol. The van der Waals surface area contributed by atoms with Gasteiger partial charge in [0.15, 0.2) is 0 Å². The lowest BCUT2D eigenvalue weighted by molar-refractivity contribution is -0.146. The second-order valence-electron chi connectivity index (χ2n) is 6.26. The molecule has 0 aliphatic carbocycles. The Morgan fingerprint density at radius 1 is 1.36 bits per heavy atom. The van der Waals surface area contributed by atoms with Gasteiger partial charge < -0.3 is 10.0 Å². The van der Waals surface area contributed by atoms with Crippen LogP contribution in [0.5, 0.6) is 0 Å². The largest absolute Gasteiger partial charge is 0.481 e. The zero-order valence-corrected chi connectivity index (χ0v) is 14.6. The number of piperidine rings is 1. The third-order valence-corrected chi connectivity index (χ3v) is 5.10. The molecule has 0 radical (unpaired) electrons. The van der Waals surface area contributed by atoms with E-state index in [4.69, 9.17) is 0 Å². The lowest BCUT2D eigenvalue weighted by Crippen LogP contribution is -2.45. The van der Waals surface area contributed by atoms with Gasteiger partial charge in [-0.05, 0) is 42.9 Å². The molecule has 1 aromatic carbocycles. The number of nitrogens with zero attached hydrogens (tertiary/aromatic N) is 1. The molecule has 0 bridgehead atoms. The maximum atomic E-state index is 12.4. The number of likely N-dealkylation sites (tertiary alicyclic amines) is 1. The average molecular weight is 368 g/mol. The minimum atomic E-state index is -0.798. The van der Waals surface area contributed by atoms with Crippen molar-refractivity contribution >= 4 is 27.8 Å². The topological polar surface area (TPSA) is 57.6 Å². The molecule has 120 valence electrons. The quantitative estimate of drug-likeness (QED) is 0.888. The molecule has 1 aliphatic heterocycles. The fourth-order valence-corrected chi connectivity index (χ4v) is 3.25. The number of hydrogen-bond acceptors (Lipinski definition) is 2. The normalized spacial score (nSPS) is 21.7. The molecular formula is C17H22BrNO3. The van der Waals surface area contributed by atoms with Crippen LogP contribution in [0.1, 0.15) is 30.9 Å². The van der Waals surface area contributed by atoms with E-state index in [1.165, 1.54) is 0 Å². The lowest BCUT2D eigenvalue weighted by atomic mass is 9.90. The van der Waals surface area contributed by atoms with Crippen LogP contribution in [0.2, 0.25) is 0 Å². The molecular weight excluding hydrogens is 346 g/mol. The molecule has 5 heteroatoms. The Balaban J connectivity index is 1.93. The maximum absolute atomic E-state index is 12.4. The van der Waals surface area contributed by atoms with Crippen LogP contribution in [-0.4, -0.2) is 35.0 Å². The number of carboxylic acid groups (broad SMARTS) is 1. The minimum absolute atomic E-state index is 0.0540. The molecule has 1 aromatic rings. The van der Waals surface area contributed by atoms with E-state index in [-0.39, 0.29) is 11.8 Å². The standard InChI is InChI=1S/C17H22BrNO3/c1-11-7-14(17(21)22)10-19(9-11)16(20)6-4-13-3-5-15(18)12(2)8-13/h3,5,8,11,14H,4,6-7,9-10H2,1-2H3,(H,21,22). The third kappa shape index (κ3) is 4.32. The molecule has 1 fully saturated rings. The molecule has 1 saturated heterocycles. The first-order valence-corrected chi connectivity index (χ1v) is 8.41. The first-order chi connectivity index (χ1) is 10.4. The number of rotatable bonds is 4. The molecule has 1 N–H and O–H groups in total. The van der Waals surface area contributed by atoms with Crippen molar-refractivity contribution in [2.45, 2.75) is 33.1 Å². The molecule has 2 unspecified atom stereocenters. The smallest absolute Gasteiger partial charge is 0.308 e. The van der Waals surface area contributed by atoms with E-state index in [1.54, 1.807) is 4.90 Å². The Hall–Kier alpha value is -1.36. The van der Waals surface area contributed by atoms with Gasteiger partial charge in [0.2, 0.25) is 5.91 Å². The van der Waals surface area contributed by atoms with Crippen LogP contribution in [0.3, 0.4) is 0 Å². The summed E-state index contributed by atoms with van der Waals surface area (Å²) in [4.78, 5) is 25.3. The number of aryl methyl sites for hydroxylation is 2. The molecule has 1 heterocycles. The number of benzene rings is 1. The predicted molar refractivity (Wildman–Crippen MR) is 88.7 cm³/mol. The van der Waals surface area contributed by atoms with E-state index in [9.17, 15) is 14.7 Å². The summed E-state index contributed by atoms with van der Waals surface area (Å²) in [5.41, 5.74) is 2.29. The summed E-state index contributed by atoms with van der Waals surface area (Å²) >= 11 is 3.47. The molecule has 0 spiro atoms. The zero-order chi connectivity index (χ0) is 16.3. The summed E-state index contributed by atoms with van der Waals surface area (Å²) in [6.07, 6.45) is 1.78. The SMILES string of the molecule is Cc1cc(CCC(=O)N2CC(C)CC(C(=O)O)C2)ccc1Br. The van der Waals surface area contributed by atoms with Gasteiger partial charge in [-0.3, -0.25) is 9.59 Å². The van der Waals surface area contributed by atoms with E-state index in [1.807, 2.05) is 26.0 Å². The number of carbonyl (C=O) groups excluding carboxylic acids is 1. The summed E-state index contributed by atoms with van der Waals surface area (Å²) in [7, 11) is 0. The van der Waals surface area contributed by atoms with E-state index < -0.39 is 11.9 Å².